The highest BCUT2D eigenvalue weighted by atomic mass is 35.5. The van der Waals surface area contributed by atoms with Crippen molar-refractivity contribution in [3.63, 3.8) is 0 Å². The van der Waals surface area contributed by atoms with E-state index >= 15 is 0 Å². The fraction of sp³-hybridized carbons (Fsp3) is 0.240. The molecule has 0 saturated heterocycles. The molecule has 0 aliphatic rings. The summed E-state index contributed by atoms with van der Waals surface area (Å²) in [5, 5.41) is 2.97. The van der Waals surface area contributed by atoms with E-state index in [4.69, 9.17) is 28.9 Å². The Morgan fingerprint density at radius 3 is 2.67 bits per heavy atom. The Morgan fingerprint density at radius 1 is 1.10 bits per heavy atom. The number of fused-ring (bicyclic) bond motifs is 3. The molecular formula is C25H23Cl2N2O. The molecule has 0 aliphatic heterocycles. The Labute approximate surface area is 186 Å². The fourth-order valence-electron chi connectivity index (χ4n) is 4.02. The number of carbonyl (C=O) groups is 1. The van der Waals surface area contributed by atoms with Gasteiger partial charge in [0, 0.05) is 32.9 Å². The van der Waals surface area contributed by atoms with E-state index in [-0.39, 0.29) is 0 Å². The molecule has 30 heavy (non-hydrogen) atoms. The maximum absolute atomic E-state index is 12.1. The first-order valence-corrected chi connectivity index (χ1v) is 10.9. The van der Waals surface area contributed by atoms with Crippen molar-refractivity contribution in [2.24, 2.45) is 5.73 Å². The van der Waals surface area contributed by atoms with Gasteiger partial charge in [0.05, 0.1) is 11.0 Å². The Morgan fingerprint density at radius 2 is 1.93 bits per heavy atom. The monoisotopic (exact) mass is 437 g/mol. The van der Waals surface area contributed by atoms with Gasteiger partial charge < -0.3 is 10.3 Å². The van der Waals surface area contributed by atoms with Crippen LogP contribution in [-0.2, 0) is 13.0 Å². The van der Waals surface area contributed by atoms with Crippen LogP contribution < -0.4 is 5.73 Å². The maximum atomic E-state index is 12.1. The number of primary amides is 1. The summed E-state index contributed by atoms with van der Waals surface area (Å²) in [6.07, 6.45) is 4.54. The lowest BCUT2D eigenvalue weighted by molar-refractivity contribution is 0.100. The largest absolute Gasteiger partial charge is 0.366 e. The first kappa shape index (κ1) is 20.8. The van der Waals surface area contributed by atoms with Crippen LogP contribution in [0.5, 0.6) is 0 Å². The molecule has 1 heterocycles. The molecule has 4 aromatic rings. The molecule has 153 valence electrons. The van der Waals surface area contributed by atoms with Gasteiger partial charge in [-0.2, -0.15) is 0 Å². The molecule has 1 radical (unpaired) electrons. The second-order valence-electron chi connectivity index (χ2n) is 7.61. The molecule has 1 amide bonds. The number of benzene rings is 3. The number of nitrogens with two attached hydrogens (primary N) is 1. The van der Waals surface area contributed by atoms with Crippen LogP contribution in [0.1, 0.15) is 47.7 Å². The minimum absolute atomic E-state index is 0.440. The van der Waals surface area contributed by atoms with Crippen molar-refractivity contribution in [3.05, 3.63) is 81.3 Å². The van der Waals surface area contributed by atoms with E-state index in [2.05, 4.69) is 23.6 Å². The van der Waals surface area contributed by atoms with Gasteiger partial charge in [0.25, 0.3) is 0 Å². The molecule has 3 aromatic carbocycles. The molecule has 1 aromatic heterocycles. The lowest BCUT2D eigenvalue weighted by Crippen LogP contribution is -2.11. The number of hydrogen-bond donors (Lipinski definition) is 1. The second kappa shape index (κ2) is 8.71. The smallest absolute Gasteiger partial charge is 0.249 e. The van der Waals surface area contributed by atoms with E-state index in [1.54, 1.807) is 12.1 Å². The summed E-state index contributed by atoms with van der Waals surface area (Å²) >= 11 is 12.5. The zero-order valence-corrected chi connectivity index (χ0v) is 18.4. The van der Waals surface area contributed by atoms with Crippen molar-refractivity contribution in [1.82, 2.24) is 4.57 Å². The minimum Gasteiger partial charge on any atom is -0.366 e. The first-order valence-electron chi connectivity index (χ1n) is 10.2. The summed E-state index contributed by atoms with van der Waals surface area (Å²) in [6, 6.07) is 18.9. The molecule has 0 spiro atoms. The number of hydrogen-bond acceptors (Lipinski definition) is 1. The van der Waals surface area contributed by atoms with Crippen molar-refractivity contribution >= 4 is 50.9 Å². The number of rotatable bonds is 7. The van der Waals surface area contributed by atoms with Gasteiger partial charge in [-0.1, -0.05) is 61.2 Å². The number of aromatic nitrogens is 1. The normalized spacial score (nSPS) is 11.4. The summed E-state index contributed by atoms with van der Waals surface area (Å²) in [4.78, 5) is 12.1. The molecule has 4 rings (SSSR count). The lowest BCUT2D eigenvalue weighted by atomic mass is 10.0. The van der Waals surface area contributed by atoms with Crippen LogP contribution in [0.25, 0.3) is 21.8 Å². The van der Waals surface area contributed by atoms with E-state index in [0.717, 1.165) is 40.2 Å². The molecule has 0 atom stereocenters. The number of aryl methyl sites for hydroxylation is 1. The van der Waals surface area contributed by atoms with Crippen molar-refractivity contribution in [3.8, 4) is 0 Å². The Balaban J connectivity index is 1.93. The highest BCUT2D eigenvalue weighted by molar-refractivity contribution is 6.35. The molecular weight excluding hydrogens is 415 g/mol. The lowest BCUT2D eigenvalue weighted by Gasteiger charge is -2.11. The van der Waals surface area contributed by atoms with Gasteiger partial charge in [-0.05, 0) is 60.4 Å². The van der Waals surface area contributed by atoms with Crippen LogP contribution >= 0.6 is 23.2 Å². The summed E-state index contributed by atoms with van der Waals surface area (Å²) < 4.78 is 2.19. The van der Waals surface area contributed by atoms with Gasteiger partial charge in [0.2, 0.25) is 5.91 Å². The Bertz CT molecular complexity index is 1240. The van der Waals surface area contributed by atoms with Crippen LogP contribution in [0.3, 0.4) is 0 Å². The summed E-state index contributed by atoms with van der Waals surface area (Å²) in [7, 11) is 0. The zero-order chi connectivity index (χ0) is 21.3. The van der Waals surface area contributed by atoms with Crippen molar-refractivity contribution in [2.45, 2.75) is 39.2 Å². The van der Waals surface area contributed by atoms with Crippen LogP contribution in [0, 0.1) is 6.07 Å². The fourth-order valence-corrected chi connectivity index (χ4v) is 4.49. The third-order valence-corrected chi connectivity index (χ3v) is 6.12. The van der Waals surface area contributed by atoms with E-state index in [1.807, 2.05) is 30.3 Å². The number of amides is 1. The number of nitrogens with zero attached hydrogens (tertiary/aromatic N) is 1. The highest BCUT2D eigenvalue weighted by Crippen LogP contribution is 2.34. The highest BCUT2D eigenvalue weighted by Gasteiger charge is 2.18. The molecule has 5 heteroatoms. The Hall–Kier alpha value is -2.49. The summed E-state index contributed by atoms with van der Waals surface area (Å²) in [5.41, 5.74) is 10.4. The molecule has 0 unspecified atom stereocenters. The topological polar surface area (TPSA) is 48.0 Å². The van der Waals surface area contributed by atoms with Crippen molar-refractivity contribution < 1.29 is 4.79 Å². The SMILES string of the molecule is CCCCCc1c[c]c2c3c(C(N)=O)cccc3n(Cc3ccc(Cl)cc3Cl)c2c1. The third kappa shape index (κ3) is 3.92. The molecule has 0 fully saturated rings. The number of carbonyl (C=O) groups excluding carboxylic acids is 1. The van der Waals surface area contributed by atoms with Crippen molar-refractivity contribution in [1.29, 1.82) is 0 Å². The average molecular weight is 438 g/mol. The molecule has 0 saturated carbocycles. The van der Waals surface area contributed by atoms with E-state index in [1.165, 1.54) is 18.4 Å². The Kier molecular flexibility index (Phi) is 6.03. The van der Waals surface area contributed by atoms with Crippen LogP contribution in [0.4, 0.5) is 0 Å². The molecule has 2 N–H and O–H groups in total. The summed E-state index contributed by atoms with van der Waals surface area (Å²) in [6.45, 7) is 2.76. The van der Waals surface area contributed by atoms with Gasteiger partial charge >= 0.3 is 0 Å². The van der Waals surface area contributed by atoms with Gasteiger partial charge in [-0.25, -0.2) is 0 Å². The standard InChI is InChI=1S/C25H23Cl2N2O/c1-2-3-4-6-16-9-12-19-23(13-16)29(15-17-10-11-18(26)14-21(17)27)22-8-5-7-20(24(19)22)25(28)30/h5,7-11,13-14H,2-4,6,15H2,1H3,(H2,28,30). The van der Waals surface area contributed by atoms with Crippen LogP contribution in [-0.4, -0.2) is 10.5 Å². The first-order chi connectivity index (χ1) is 14.5. The van der Waals surface area contributed by atoms with E-state index in [0.29, 0.717) is 22.2 Å². The van der Waals surface area contributed by atoms with Crippen molar-refractivity contribution in [2.75, 3.05) is 0 Å². The quantitative estimate of drug-likeness (QED) is 0.318. The van der Waals surface area contributed by atoms with Crippen LogP contribution in [0.15, 0.2) is 48.5 Å². The number of halogens is 2. The molecule has 0 aliphatic carbocycles. The predicted octanol–water partition coefficient (Wildman–Crippen LogP) is 6.78. The van der Waals surface area contributed by atoms with E-state index < -0.39 is 5.91 Å². The predicted molar refractivity (Wildman–Crippen MR) is 126 cm³/mol. The van der Waals surface area contributed by atoms with E-state index in [9.17, 15) is 4.79 Å². The number of unbranched alkanes of at least 4 members (excludes halogenated alkanes) is 2. The zero-order valence-electron chi connectivity index (χ0n) is 16.8. The molecule has 0 bridgehead atoms. The minimum atomic E-state index is -0.440. The van der Waals surface area contributed by atoms with Gasteiger partial charge in [-0.3, -0.25) is 4.79 Å². The van der Waals surface area contributed by atoms with Crippen LogP contribution in [0.2, 0.25) is 10.0 Å². The average Bonchev–Trinajstić information content (AvgIpc) is 3.03. The van der Waals surface area contributed by atoms with Gasteiger partial charge in [0.15, 0.2) is 0 Å². The van der Waals surface area contributed by atoms with Gasteiger partial charge in [0.1, 0.15) is 0 Å². The van der Waals surface area contributed by atoms with Gasteiger partial charge in [-0.15, -0.1) is 0 Å². The second-order valence-corrected chi connectivity index (χ2v) is 8.45. The molecule has 3 nitrogen and oxygen atoms in total. The third-order valence-electron chi connectivity index (χ3n) is 5.53. The maximum Gasteiger partial charge on any atom is 0.249 e. The summed E-state index contributed by atoms with van der Waals surface area (Å²) in [5.74, 6) is -0.440.